The van der Waals surface area contributed by atoms with Gasteiger partial charge in [-0.1, -0.05) is 20.8 Å². The minimum absolute atomic E-state index is 0.139. The van der Waals surface area contributed by atoms with Crippen LogP contribution in [0.4, 0.5) is 9.59 Å². The van der Waals surface area contributed by atoms with Crippen molar-refractivity contribution in [1.82, 2.24) is 4.98 Å². The molecule has 0 aliphatic heterocycles. The van der Waals surface area contributed by atoms with Crippen LogP contribution in [0.1, 0.15) is 41.5 Å². The van der Waals surface area contributed by atoms with Crippen LogP contribution in [0.2, 0.25) is 10.1 Å². The van der Waals surface area contributed by atoms with Gasteiger partial charge in [-0.3, -0.25) is 0 Å². The maximum atomic E-state index is 9.86. The van der Waals surface area contributed by atoms with Crippen LogP contribution >= 0.6 is 0 Å². The Balaban J connectivity index is -0.000000212. The zero-order valence-electron chi connectivity index (χ0n) is 11.9. The summed E-state index contributed by atoms with van der Waals surface area (Å²) in [5.74, 6) is 0. The molecule has 3 N–H and O–H groups in total. The molecule has 0 rings (SSSR count). The fourth-order valence-electron chi connectivity index (χ4n) is 0.337. The van der Waals surface area contributed by atoms with Crippen LogP contribution in [0, 0.1) is 0 Å². The first kappa shape index (κ1) is 22.2. The van der Waals surface area contributed by atoms with Crippen molar-refractivity contribution in [2.45, 2.75) is 51.6 Å². The summed E-state index contributed by atoms with van der Waals surface area (Å²) in [6, 6.07) is 0. The molecule has 0 aromatic heterocycles. The third-order valence-electron chi connectivity index (χ3n) is 0.763. The van der Waals surface area contributed by atoms with E-state index in [0.29, 0.717) is 5.04 Å². The van der Waals surface area contributed by atoms with Gasteiger partial charge in [0.15, 0.2) is 0 Å². The van der Waals surface area contributed by atoms with Gasteiger partial charge in [0.25, 0.3) is 0 Å². The smallest absolute Gasteiger partial charge is 0.531 e. The standard InChI is InChI=1S/C5H13NO2Si.C4H9Si.CH3NO2/c1-5(2,3)9-6-4(7)8;1-4(2,3)5;2-1(3)4/h6H,9H2,1-3H3,(H,7,8);1-3H3;2H2,(H,3,4)/q;+2;/p-2. The van der Waals surface area contributed by atoms with Gasteiger partial charge >= 0.3 is 15.3 Å². The Kier molecular flexibility index (Phi) is 12.3. The van der Waals surface area contributed by atoms with Gasteiger partial charge in [-0.05, 0) is 5.04 Å². The number of carbonyl (C=O) groups excluding carboxylic acids is 2. The molecule has 0 heterocycles. The zero-order valence-corrected chi connectivity index (χ0v) is 14.3. The molecule has 0 aromatic carbocycles. The molecule has 18 heavy (non-hydrogen) atoms. The van der Waals surface area contributed by atoms with Gasteiger partial charge in [-0.15, -0.1) is 0 Å². The monoisotopic (exact) mass is 291 g/mol. The van der Waals surface area contributed by atoms with Gasteiger partial charge in [0.05, 0.1) is 0 Å². The van der Waals surface area contributed by atoms with E-state index in [9.17, 15) is 9.90 Å². The first-order chi connectivity index (χ1) is 7.65. The molecule has 0 saturated heterocycles. The molecule has 0 aromatic rings. The summed E-state index contributed by atoms with van der Waals surface area (Å²) in [6.07, 6.45) is -2.73. The number of hydrogen-bond acceptors (Lipinski definition) is 4. The number of nitrogens with two attached hydrogens (primary N) is 1. The molecule has 0 aliphatic rings. The summed E-state index contributed by atoms with van der Waals surface area (Å²) in [6.45, 7) is 12.3. The van der Waals surface area contributed by atoms with E-state index in [2.05, 4.69) is 41.7 Å². The van der Waals surface area contributed by atoms with E-state index in [1.54, 1.807) is 0 Å². The molecule has 0 unspecified atom stereocenters. The average molecular weight is 291 g/mol. The number of hydrogen-bond donors (Lipinski definition) is 2. The van der Waals surface area contributed by atoms with Crippen molar-refractivity contribution in [3.8, 4) is 0 Å². The highest BCUT2D eigenvalue weighted by Crippen LogP contribution is 2.17. The van der Waals surface area contributed by atoms with Crippen molar-refractivity contribution in [2.75, 3.05) is 0 Å². The van der Waals surface area contributed by atoms with E-state index in [1.165, 1.54) is 0 Å². The van der Waals surface area contributed by atoms with Gasteiger partial charge in [-0.25, -0.2) is 0 Å². The Bertz CT molecular complexity index is 237. The summed E-state index contributed by atoms with van der Waals surface area (Å²) >= 11 is 0. The highest BCUT2D eigenvalue weighted by Gasteiger charge is 2.46. The molecular formula is C10H23N2O4Si2. The number of amides is 2. The van der Waals surface area contributed by atoms with Crippen LogP contribution < -0.4 is 20.9 Å². The van der Waals surface area contributed by atoms with Crippen LogP contribution in [0.3, 0.4) is 0 Å². The molecular weight excluding hydrogens is 268 g/mol. The van der Waals surface area contributed by atoms with Crippen molar-refractivity contribution < 1.29 is 19.8 Å². The van der Waals surface area contributed by atoms with E-state index < -0.39 is 21.9 Å². The minimum Gasteiger partial charge on any atom is -0.531 e. The molecule has 0 spiro atoms. The van der Waals surface area contributed by atoms with Crippen molar-refractivity contribution in [1.29, 1.82) is 0 Å². The molecule has 0 atom stereocenters. The lowest BCUT2D eigenvalue weighted by molar-refractivity contribution is -0.248. The summed E-state index contributed by atoms with van der Waals surface area (Å²) in [5, 5.41) is 19.0. The Labute approximate surface area is 115 Å². The SMILES string of the molecule is CC(C)(C)[Si+2].CC(C)(C)[SiH2]NC(=O)[O-].NC(=O)[O-]. The highest BCUT2D eigenvalue weighted by molar-refractivity contribution is 6.40. The summed E-state index contributed by atoms with van der Waals surface area (Å²) in [5.41, 5.74) is 3.92. The molecule has 6 nitrogen and oxygen atoms in total. The predicted octanol–water partition coefficient (Wildman–Crippen LogP) is -1.12. The largest absolute Gasteiger partial charge is 1.39 e. The maximum absolute atomic E-state index is 9.86. The van der Waals surface area contributed by atoms with Crippen molar-refractivity contribution >= 4 is 32.1 Å². The normalized spacial score (nSPS) is 10.7. The van der Waals surface area contributed by atoms with E-state index in [4.69, 9.17) is 9.90 Å². The number of carboxylic acid groups (broad SMARTS) is 2. The van der Waals surface area contributed by atoms with Gasteiger partial charge in [0, 0.05) is 20.8 Å². The maximum Gasteiger partial charge on any atom is 1.39 e. The molecule has 0 fully saturated rings. The fraction of sp³-hybridized carbons (Fsp3) is 0.800. The van der Waals surface area contributed by atoms with E-state index in [0.717, 1.165) is 0 Å². The van der Waals surface area contributed by atoms with Gasteiger partial charge in [0.2, 0.25) is 0 Å². The second-order valence-electron chi connectivity index (χ2n) is 5.77. The molecule has 8 heteroatoms. The van der Waals surface area contributed by atoms with Gasteiger partial charge < -0.3 is 30.5 Å². The summed E-state index contributed by atoms with van der Waals surface area (Å²) in [4.78, 5) is 20.9. The lowest BCUT2D eigenvalue weighted by atomic mass is 10.3. The minimum atomic E-state index is -1.58. The first-order valence-corrected chi connectivity index (χ1v) is 7.23. The Morgan fingerprint density at radius 1 is 1.11 bits per heavy atom. The molecule has 0 saturated carbocycles. The van der Waals surface area contributed by atoms with Crippen LogP contribution in [-0.4, -0.2) is 32.1 Å². The Hall–Kier alpha value is -1.03. The lowest BCUT2D eigenvalue weighted by Gasteiger charge is -2.18. The van der Waals surface area contributed by atoms with Crippen LogP contribution in [-0.2, 0) is 0 Å². The van der Waals surface area contributed by atoms with Crippen LogP contribution in [0.25, 0.3) is 0 Å². The zero-order chi connectivity index (χ0) is 15.6. The molecule has 105 valence electrons. The number of primary amides is 1. The van der Waals surface area contributed by atoms with Gasteiger partial charge in [0.1, 0.15) is 21.9 Å². The fourth-order valence-corrected chi connectivity index (χ4v) is 1.01. The molecule has 1 radical (unpaired) electrons. The third-order valence-corrected chi connectivity index (χ3v) is 2.29. The predicted molar refractivity (Wildman–Crippen MR) is 71.8 cm³/mol. The highest BCUT2D eigenvalue weighted by atomic mass is 28.2. The molecule has 2 amide bonds. The Morgan fingerprint density at radius 2 is 1.33 bits per heavy atom. The summed E-state index contributed by atoms with van der Waals surface area (Å²) < 4.78 is 0. The first-order valence-electron chi connectivity index (χ1n) is 5.31. The van der Waals surface area contributed by atoms with Crippen LogP contribution in [0.5, 0.6) is 0 Å². The van der Waals surface area contributed by atoms with E-state index >= 15 is 0 Å². The second-order valence-corrected chi connectivity index (χ2v) is 10.1. The quantitative estimate of drug-likeness (QED) is 0.595. The summed E-state index contributed by atoms with van der Waals surface area (Å²) in [7, 11) is 2.71. The van der Waals surface area contributed by atoms with Crippen molar-refractivity contribution in [3.63, 3.8) is 0 Å². The number of rotatable bonds is 1. The lowest BCUT2D eigenvalue weighted by Crippen LogP contribution is -2.41. The van der Waals surface area contributed by atoms with Crippen molar-refractivity contribution in [2.24, 2.45) is 5.73 Å². The molecule has 0 bridgehead atoms. The van der Waals surface area contributed by atoms with Crippen molar-refractivity contribution in [3.05, 3.63) is 0 Å². The topological polar surface area (TPSA) is 118 Å². The Morgan fingerprint density at radius 3 is 1.39 bits per heavy atom. The molecule has 0 aliphatic carbocycles. The third kappa shape index (κ3) is 118. The number of nitrogens with one attached hydrogen (secondary N) is 1. The van der Waals surface area contributed by atoms with Gasteiger partial charge in [-0.2, -0.15) is 0 Å². The van der Waals surface area contributed by atoms with E-state index in [1.807, 2.05) is 20.8 Å². The number of carbonyl (C=O) groups is 2. The van der Waals surface area contributed by atoms with E-state index in [-0.39, 0.29) is 5.04 Å². The van der Waals surface area contributed by atoms with Crippen LogP contribution in [0.15, 0.2) is 0 Å². The second kappa shape index (κ2) is 9.95. The average Bonchev–Trinajstić information content (AvgIpc) is 1.94.